The second-order valence-corrected chi connectivity index (χ2v) is 7.27. The molecule has 0 unspecified atom stereocenters. The summed E-state index contributed by atoms with van der Waals surface area (Å²) < 4.78 is 0. The van der Waals surface area contributed by atoms with Gasteiger partial charge in [0.2, 0.25) is 0 Å². The highest BCUT2D eigenvalue weighted by atomic mass is 16.1. The molecule has 0 saturated carbocycles. The van der Waals surface area contributed by atoms with Crippen molar-refractivity contribution in [3.8, 4) is 0 Å². The van der Waals surface area contributed by atoms with E-state index in [9.17, 15) is 4.79 Å². The maximum Gasteiger partial charge on any atom is 0.143 e. The molecule has 0 atom stereocenters. The summed E-state index contributed by atoms with van der Waals surface area (Å²) >= 11 is 0. The minimum absolute atomic E-state index is 0.257. The summed E-state index contributed by atoms with van der Waals surface area (Å²) in [4.78, 5) is 10.5. The third-order valence-corrected chi connectivity index (χ3v) is 4.82. The molecule has 1 aliphatic rings. The second kappa shape index (κ2) is 8.10. The summed E-state index contributed by atoms with van der Waals surface area (Å²) in [6, 6.07) is 8.36. The van der Waals surface area contributed by atoms with Crippen molar-refractivity contribution in [2.75, 3.05) is 0 Å². The molecule has 24 heavy (non-hydrogen) atoms. The molecule has 0 aromatic heterocycles. The molecule has 0 aliphatic heterocycles. The van der Waals surface area contributed by atoms with Crippen molar-refractivity contribution in [2.45, 2.75) is 47.0 Å². The van der Waals surface area contributed by atoms with Crippen molar-refractivity contribution >= 4 is 18.4 Å². The Morgan fingerprint density at radius 1 is 1.08 bits per heavy atom. The molecule has 0 saturated heterocycles. The first-order valence-corrected chi connectivity index (χ1v) is 8.71. The van der Waals surface area contributed by atoms with Gasteiger partial charge in [-0.15, -0.1) is 0 Å². The summed E-state index contributed by atoms with van der Waals surface area (Å²) in [6.07, 6.45) is 14.7. The number of hydrogen-bond donors (Lipinski definition) is 0. The van der Waals surface area contributed by atoms with E-state index in [0.29, 0.717) is 0 Å². The van der Waals surface area contributed by atoms with Crippen LogP contribution in [0, 0.1) is 5.41 Å². The number of rotatable bonds is 5. The first-order valence-electron chi connectivity index (χ1n) is 8.71. The van der Waals surface area contributed by atoms with Crippen molar-refractivity contribution in [1.29, 1.82) is 0 Å². The lowest BCUT2D eigenvalue weighted by Crippen LogP contribution is -2.18. The molecule has 2 rings (SSSR count). The molecule has 0 heterocycles. The van der Waals surface area contributed by atoms with Crippen LogP contribution in [0.4, 0.5) is 0 Å². The van der Waals surface area contributed by atoms with Gasteiger partial charge in [-0.1, -0.05) is 68.0 Å². The van der Waals surface area contributed by atoms with Crippen molar-refractivity contribution < 1.29 is 4.79 Å². The van der Waals surface area contributed by atoms with Crippen LogP contribution in [0.3, 0.4) is 0 Å². The molecule has 0 amide bonds. The van der Waals surface area contributed by atoms with Crippen LogP contribution in [0.5, 0.6) is 0 Å². The van der Waals surface area contributed by atoms with Gasteiger partial charge in [0.25, 0.3) is 0 Å². The molecule has 1 nitrogen and oxygen atoms in total. The Bertz CT molecular complexity index is 711. The van der Waals surface area contributed by atoms with Gasteiger partial charge >= 0.3 is 0 Å². The van der Waals surface area contributed by atoms with Gasteiger partial charge in [0.1, 0.15) is 6.29 Å². The van der Waals surface area contributed by atoms with Crippen LogP contribution < -0.4 is 0 Å². The van der Waals surface area contributed by atoms with Gasteiger partial charge in [0, 0.05) is 0 Å². The van der Waals surface area contributed by atoms with Crippen LogP contribution in [0.2, 0.25) is 0 Å². The summed E-state index contributed by atoms with van der Waals surface area (Å²) in [7, 11) is 0. The molecule has 126 valence electrons. The molecule has 1 heteroatoms. The van der Waals surface area contributed by atoms with Crippen molar-refractivity contribution in [1.82, 2.24) is 0 Å². The highest BCUT2D eigenvalue weighted by molar-refractivity contribution is 5.71. The fourth-order valence-corrected chi connectivity index (χ4v) is 3.38. The van der Waals surface area contributed by atoms with E-state index in [4.69, 9.17) is 0 Å². The third-order valence-electron chi connectivity index (χ3n) is 4.82. The van der Waals surface area contributed by atoms with Crippen LogP contribution >= 0.6 is 0 Å². The van der Waals surface area contributed by atoms with E-state index in [-0.39, 0.29) is 5.41 Å². The van der Waals surface area contributed by atoms with Crippen LogP contribution in [0.15, 0.2) is 59.2 Å². The standard InChI is InChI=1S/C23H28O/c1-18(15-17-24)11-12-20-9-5-6-10-21(20)13-14-22-19(2)8-7-16-23(22,3)4/h5-6,9-15,17H,7-8,16H2,1-4H3/b12-11+,14-13+,18-15+. The minimum Gasteiger partial charge on any atom is -0.299 e. The lowest BCUT2D eigenvalue weighted by atomic mass is 9.72. The topological polar surface area (TPSA) is 17.1 Å². The largest absolute Gasteiger partial charge is 0.299 e. The maximum absolute atomic E-state index is 10.5. The van der Waals surface area contributed by atoms with Gasteiger partial charge in [-0.2, -0.15) is 0 Å². The lowest BCUT2D eigenvalue weighted by Gasteiger charge is -2.33. The molecular weight excluding hydrogens is 292 g/mol. The Labute approximate surface area is 146 Å². The number of aldehydes is 1. The van der Waals surface area contributed by atoms with Gasteiger partial charge in [-0.3, -0.25) is 4.79 Å². The Kier molecular flexibility index (Phi) is 6.14. The van der Waals surface area contributed by atoms with E-state index >= 15 is 0 Å². The van der Waals surface area contributed by atoms with Crippen molar-refractivity contribution in [3.05, 3.63) is 70.3 Å². The zero-order valence-electron chi connectivity index (χ0n) is 15.3. The Morgan fingerprint density at radius 2 is 1.75 bits per heavy atom. The average Bonchev–Trinajstić information content (AvgIpc) is 2.53. The second-order valence-electron chi connectivity index (χ2n) is 7.27. The number of allylic oxidation sites excluding steroid dienone is 6. The first kappa shape index (κ1) is 18.2. The van der Waals surface area contributed by atoms with Crippen LogP contribution in [-0.4, -0.2) is 6.29 Å². The van der Waals surface area contributed by atoms with E-state index < -0.39 is 0 Å². The van der Waals surface area contributed by atoms with Crippen molar-refractivity contribution in [3.63, 3.8) is 0 Å². The van der Waals surface area contributed by atoms with E-state index in [1.54, 1.807) is 6.08 Å². The Morgan fingerprint density at radius 3 is 2.38 bits per heavy atom. The molecule has 1 aromatic rings. The molecule has 0 radical (unpaired) electrons. The van der Waals surface area contributed by atoms with Gasteiger partial charge in [-0.25, -0.2) is 0 Å². The maximum atomic E-state index is 10.5. The minimum atomic E-state index is 0.257. The highest BCUT2D eigenvalue weighted by Gasteiger charge is 2.26. The van der Waals surface area contributed by atoms with Gasteiger partial charge in [0.15, 0.2) is 0 Å². The van der Waals surface area contributed by atoms with E-state index in [0.717, 1.165) is 11.9 Å². The quantitative estimate of drug-likeness (QED) is 0.349. The van der Waals surface area contributed by atoms with Crippen LogP contribution in [-0.2, 0) is 4.79 Å². The van der Waals surface area contributed by atoms with Gasteiger partial charge in [0.05, 0.1) is 0 Å². The van der Waals surface area contributed by atoms with Crippen LogP contribution in [0.25, 0.3) is 12.2 Å². The summed E-state index contributed by atoms with van der Waals surface area (Å²) in [5.41, 5.74) is 6.57. The molecule has 1 aromatic carbocycles. The summed E-state index contributed by atoms with van der Waals surface area (Å²) in [5, 5.41) is 0. The fourth-order valence-electron chi connectivity index (χ4n) is 3.38. The monoisotopic (exact) mass is 320 g/mol. The zero-order chi connectivity index (χ0) is 17.6. The Balaban J connectivity index is 2.30. The molecule has 0 bridgehead atoms. The predicted molar refractivity (Wildman–Crippen MR) is 105 cm³/mol. The first-order chi connectivity index (χ1) is 11.4. The number of carbonyl (C=O) groups is 1. The van der Waals surface area contributed by atoms with Crippen molar-refractivity contribution in [2.24, 2.45) is 5.41 Å². The summed E-state index contributed by atoms with van der Waals surface area (Å²) in [5.74, 6) is 0. The SMILES string of the molecule is CC1=C(/C=C/c2ccccc2/C=C/C(C)=C/C=O)C(C)(C)CCC1. The fraction of sp³-hybridized carbons (Fsp3) is 0.348. The van der Waals surface area contributed by atoms with Crippen LogP contribution in [0.1, 0.15) is 58.1 Å². The summed E-state index contributed by atoms with van der Waals surface area (Å²) in [6.45, 7) is 8.88. The number of carbonyl (C=O) groups excluding carboxylic acids is 1. The molecule has 0 spiro atoms. The highest BCUT2D eigenvalue weighted by Crippen LogP contribution is 2.41. The van der Waals surface area contributed by atoms with E-state index in [1.807, 2.05) is 19.1 Å². The number of hydrogen-bond acceptors (Lipinski definition) is 1. The molecule has 0 fully saturated rings. The predicted octanol–water partition coefficient (Wildman–Crippen LogP) is 6.38. The smallest absolute Gasteiger partial charge is 0.143 e. The number of benzene rings is 1. The van der Waals surface area contributed by atoms with Gasteiger partial charge in [-0.05, 0) is 66.9 Å². The Hall–Kier alpha value is -2.15. The van der Waals surface area contributed by atoms with E-state index in [2.05, 4.69) is 57.2 Å². The average molecular weight is 320 g/mol. The van der Waals surface area contributed by atoms with E-state index in [1.165, 1.54) is 41.5 Å². The van der Waals surface area contributed by atoms with Gasteiger partial charge < -0.3 is 0 Å². The molecule has 0 N–H and O–H groups in total. The molecular formula is C23H28O. The normalized spacial score (nSPS) is 18.6. The lowest BCUT2D eigenvalue weighted by molar-refractivity contribution is -0.104. The molecule has 1 aliphatic carbocycles. The zero-order valence-corrected chi connectivity index (χ0v) is 15.3. The third kappa shape index (κ3) is 4.67.